The van der Waals surface area contributed by atoms with Gasteiger partial charge in [0.1, 0.15) is 5.75 Å². The van der Waals surface area contributed by atoms with E-state index in [4.69, 9.17) is 4.74 Å². The highest BCUT2D eigenvalue weighted by Crippen LogP contribution is 2.34. The molecule has 28 heavy (non-hydrogen) atoms. The summed E-state index contributed by atoms with van der Waals surface area (Å²) in [4.78, 5) is 2.45. The number of nitrogens with zero attached hydrogens (tertiary/aromatic N) is 1. The topological polar surface area (TPSA) is 58.6 Å². The summed E-state index contributed by atoms with van der Waals surface area (Å²) in [5.74, 6) is 0.650. The molecule has 0 fully saturated rings. The van der Waals surface area contributed by atoms with Crippen LogP contribution in [-0.2, 0) is 16.4 Å². The molecule has 0 aliphatic carbocycles. The maximum absolute atomic E-state index is 12.6. The zero-order valence-electron chi connectivity index (χ0n) is 15.6. The lowest BCUT2D eigenvalue weighted by atomic mass is 10.2. The molecule has 0 saturated heterocycles. The minimum Gasteiger partial charge on any atom is -0.494 e. The minimum absolute atomic E-state index is 0.202. The fourth-order valence-corrected chi connectivity index (χ4v) is 4.47. The van der Waals surface area contributed by atoms with Crippen molar-refractivity contribution in [3.8, 4) is 5.75 Å². The van der Waals surface area contributed by atoms with E-state index in [0.717, 1.165) is 18.7 Å². The molecule has 3 aromatic carbocycles. The molecule has 1 heterocycles. The lowest BCUT2D eigenvalue weighted by Gasteiger charge is -2.20. The van der Waals surface area contributed by atoms with Crippen molar-refractivity contribution in [1.82, 2.24) is 0 Å². The van der Waals surface area contributed by atoms with Gasteiger partial charge in [0.15, 0.2) is 0 Å². The van der Waals surface area contributed by atoms with Gasteiger partial charge < -0.3 is 9.64 Å². The summed E-state index contributed by atoms with van der Waals surface area (Å²) in [6.07, 6.45) is 1.02. The average Bonchev–Trinajstić information content (AvgIpc) is 3.13. The van der Waals surface area contributed by atoms with Gasteiger partial charge in [-0.25, -0.2) is 8.42 Å². The van der Waals surface area contributed by atoms with Gasteiger partial charge >= 0.3 is 0 Å². The summed E-state index contributed by atoms with van der Waals surface area (Å²) < 4.78 is 33.2. The van der Waals surface area contributed by atoms with E-state index in [2.05, 4.69) is 27.8 Å². The standard InChI is InChI=1S/C22H22N2O3S/c1-2-27-20-11-13-21(14-12-20)28(25,26)23-18-7-9-19(10-8-18)24-16-15-17-5-3-4-6-22(17)24/h3-14,23H,2,15-16H2,1H3. The third-order valence-electron chi connectivity index (χ3n) is 4.76. The fraction of sp³-hybridized carbons (Fsp3) is 0.182. The number of sulfonamides is 1. The zero-order chi connectivity index (χ0) is 19.6. The van der Waals surface area contributed by atoms with Crippen molar-refractivity contribution in [3.05, 3.63) is 78.4 Å². The molecule has 5 nitrogen and oxygen atoms in total. The normalized spacial score (nSPS) is 13.2. The van der Waals surface area contributed by atoms with Crippen LogP contribution in [0.1, 0.15) is 12.5 Å². The molecule has 1 aliphatic rings. The molecule has 0 atom stereocenters. The molecule has 1 aliphatic heterocycles. The van der Waals surface area contributed by atoms with Crippen LogP contribution in [0.4, 0.5) is 17.1 Å². The van der Waals surface area contributed by atoms with Crippen molar-refractivity contribution >= 4 is 27.1 Å². The van der Waals surface area contributed by atoms with Crippen LogP contribution in [0.15, 0.2) is 77.7 Å². The van der Waals surface area contributed by atoms with Gasteiger partial charge in [-0.2, -0.15) is 0 Å². The van der Waals surface area contributed by atoms with E-state index in [9.17, 15) is 8.42 Å². The van der Waals surface area contributed by atoms with Crippen molar-refractivity contribution < 1.29 is 13.2 Å². The average molecular weight is 394 g/mol. The highest BCUT2D eigenvalue weighted by atomic mass is 32.2. The molecule has 6 heteroatoms. The van der Waals surface area contributed by atoms with Gasteiger partial charge in [0.25, 0.3) is 10.0 Å². The number of hydrogen-bond donors (Lipinski definition) is 1. The summed E-state index contributed by atoms with van der Waals surface area (Å²) in [5, 5.41) is 0. The van der Waals surface area contributed by atoms with E-state index in [-0.39, 0.29) is 4.90 Å². The Labute approximate surface area is 165 Å². The molecule has 3 aromatic rings. The molecule has 4 rings (SSSR count). The zero-order valence-corrected chi connectivity index (χ0v) is 16.4. The van der Waals surface area contributed by atoms with Gasteiger partial charge in [-0.3, -0.25) is 4.72 Å². The van der Waals surface area contributed by atoms with Crippen molar-refractivity contribution in [3.63, 3.8) is 0 Å². The largest absolute Gasteiger partial charge is 0.494 e. The maximum Gasteiger partial charge on any atom is 0.261 e. The highest BCUT2D eigenvalue weighted by molar-refractivity contribution is 7.92. The number of anilines is 3. The van der Waals surface area contributed by atoms with Gasteiger partial charge in [-0.15, -0.1) is 0 Å². The Kier molecular flexibility index (Phi) is 4.96. The van der Waals surface area contributed by atoms with Crippen molar-refractivity contribution in [2.24, 2.45) is 0 Å². The molecule has 0 unspecified atom stereocenters. The smallest absolute Gasteiger partial charge is 0.261 e. The first-order valence-corrected chi connectivity index (χ1v) is 10.8. The molecular weight excluding hydrogens is 372 g/mol. The lowest BCUT2D eigenvalue weighted by Crippen LogP contribution is -2.14. The van der Waals surface area contributed by atoms with E-state index in [1.165, 1.54) is 11.3 Å². The van der Waals surface area contributed by atoms with Crippen LogP contribution in [0, 0.1) is 0 Å². The molecule has 0 spiro atoms. The number of rotatable bonds is 6. The van der Waals surface area contributed by atoms with Crippen molar-refractivity contribution in [1.29, 1.82) is 0 Å². The van der Waals surface area contributed by atoms with Gasteiger partial charge in [0.2, 0.25) is 0 Å². The Morgan fingerprint density at radius 1 is 0.964 bits per heavy atom. The van der Waals surface area contributed by atoms with Crippen molar-refractivity contribution in [2.75, 3.05) is 22.8 Å². The van der Waals surface area contributed by atoms with Gasteiger partial charge in [0, 0.05) is 23.6 Å². The number of fused-ring (bicyclic) bond motifs is 1. The van der Waals surface area contributed by atoms with Crippen LogP contribution in [0.2, 0.25) is 0 Å². The summed E-state index contributed by atoms with van der Waals surface area (Å²) in [6, 6.07) is 22.2. The SMILES string of the molecule is CCOc1ccc(S(=O)(=O)Nc2ccc(N3CCc4ccccc43)cc2)cc1. The number of nitrogens with one attached hydrogen (secondary N) is 1. The van der Waals surface area contributed by atoms with E-state index in [1.807, 2.05) is 25.1 Å². The van der Waals surface area contributed by atoms with Gasteiger partial charge in [0.05, 0.1) is 11.5 Å². The molecule has 0 radical (unpaired) electrons. The van der Waals surface area contributed by atoms with Crippen LogP contribution in [0.25, 0.3) is 0 Å². The summed E-state index contributed by atoms with van der Waals surface area (Å²) in [6.45, 7) is 3.35. The predicted molar refractivity (Wildman–Crippen MR) is 112 cm³/mol. The molecule has 0 bridgehead atoms. The fourth-order valence-electron chi connectivity index (χ4n) is 3.41. The van der Waals surface area contributed by atoms with Crippen LogP contribution in [0.3, 0.4) is 0 Å². The van der Waals surface area contributed by atoms with E-state index in [1.54, 1.807) is 36.4 Å². The molecule has 144 valence electrons. The van der Waals surface area contributed by atoms with Crippen LogP contribution < -0.4 is 14.4 Å². The third kappa shape index (κ3) is 3.68. The summed E-state index contributed by atoms with van der Waals surface area (Å²) in [5.41, 5.74) is 4.13. The molecule has 0 amide bonds. The Balaban J connectivity index is 1.50. The number of para-hydroxylation sites is 1. The maximum atomic E-state index is 12.6. The Hall–Kier alpha value is -2.99. The van der Waals surface area contributed by atoms with E-state index in [0.29, 0.717) is 18.0 Å². The lowest BCUT2D eigenvalue weighted by molar-refractivity contribution is 0.340. The molecule has 0 saturated carbocycles. The summed E-state index contributed by atoms with van der Waals surface area (Å²) in [7, 11) is -3.64. The van der Waals surface area contributed by atoms with Gasteiger partial charge in [-0.05, 0) is 73.5 Å². The first-order valence-electron chi connectivity index (χ1n) is 9.28. The van der Waals surface area contributed by atoms with E-state index < -0.39 is 10.0 Å². The Morgan fingerprint density at radius 3 is 2.39 bits per heavy atom. The van der Waals surface area contributed by atoms with Crippen LogP contribution in [-0.4, -0.2) is 21.6 Å². The summed E-state index contributed by atoms with van der Waals surface area (Å²) >= 11 is 0. The second kappa shape index (κ2) is 7.56. The number of benzene rings is 3. The molecule has 0 aromatic heterocycles. The second-order valence-corrected chi connectivity index (χ2v) is 8.27. The van der Waals surface area contributed by atoms with E-state index >= 15 is 0 Å². The predicted octanol–water partition coefficient (Wildman–Crippen LogP) is 4.58. The monoisotopic (exact) mass is 394 g/mol. The second-order valence-electron chi connectivity index (χ2n) is 6.59. The number of ether oxygens (including phenoxy) is 1. The van der Waals surface area contributed by atoms with Crippen LogP contribution in [0.5, 0.6) is 5.75 Å². The number of hydrogen-bond acceptors (Lipinski definition) is 4. The first-order chi connectivity index (χ1) is 13.6. The Morgan fingerprint density at radius 2 is 1.68 bits per heavy atom. The first kappa shape index (κ1) is 18.4. The highest BCUT2D eigenvalue weighted by Gasteiger charge is 2.20. The Bertz CT molecular complexity index is 1060. The molecule has 1 N–H and O–H groups in total. The molecular formula is C22H22N2O3S. The third-order valence-corrected chi connectivity index (χ3v) is 6.16. The quantitative estimate of drug-likeness (QED) is 0.665. The van der Waals surface area contributed by atoms with Crippen molar-refractivity contribution in [2.45, 2.75) is 18.2 Å². The van der Waals surface area contributed by atoms with Gasteiger partial charge in [-0.1, -0.05) is 18.2 Å². The van der Waals surface area contributed by atoms with Crippen LogP contribution >= 0.6 is 0 Å². The minimum atomic E-state index is -3.64.